The molecule has 1 fully saturated rings. The summed E-state index contributed by atoms with van der Waals surface area (Å²) in [5.41, 5.74) is 2.04. The normalized spacial score (nSPS) is 19.7. The second-order valence-electron chi connectivity index (χ2n) is 5.09. The van der Waals surface area contributed by atoms with Crippen LogP contribution in [0.1, 0.15) is 31.5 Å². The fourth-order valence-corrected chi connectivity index (χ4v) is 2.62. The van der Waals surface area contributed by atoms with Gasteiger partial charge < -0.3 is 14.5 Å². The Morgan fingerprint density at radius 1 is 1.42 bits per heavy atom. The van der Waals surface area contributed by atoms with E-state index in [1.165, 1.54) is 19.3 Å². The number of benzene rings is 1. The first kappa shape index (κ1) is 12.5. The first-order chi connectivity index (χ1) is 9.35. The van der Waals surface area contributed by atoms with Gasteiger partial charge in [0, 0.05) is 19.1 Å². The number of aromatic nitrogens is 2. The lowest BCUT2D eigenvalue weighted by atomic mass is 10.0. The summed E-state index contributed by atoms with van der Waals surface area (Å²) in [5.74, 6) is 1.90. The van der Waals surface area contributed by atoms with Crippen molar-refractivity contribution in [3.63, 3.8) is 0 Å². The van der Waals surface area contributed by atoms with E-state index in [2.05, 4.69) is 9.97 Å². The van der Waals surface area contributed by atoms with Gasteiger partial charge in [0.05, 0.1) is 24.2 Å². The Hall–Kier alpha value is -1.55. The van der Waals surface area contributed by atoms with Crippen molar-refractivity contribution in [1.29, 1.82) is 0 Å². The van der Waals surface area contributed by atoms with E-state index in [-0.39, 0.29) is 0 Å². The molecule has 0 amide bonds. The molecule has 1 saturated heterocycles. The number of methoxy groups -OCH3 is 1. The number of imidazole rings is 1. The molecule has 1 aliphatic rings. The summed E-state index contributed by atoms with van der Waals surface area (Å²) in [5, 5.41) is 0. The number of nitrogens with zero attached hydrogens (tertiary/aromatic N) is 1. The zero-order chi connectivity index (χ0) is 13.1. The average molecular weight is 260 g/mol. The molecule has 1 atom stereocenters. The van der Waals surface area contributed by atoms with Gasteiger partial charge in [0.2, 0.25) is 0 Å². The molecule has 1 aliphatic heterocycles. The van der Waals surface area contributed by atoms with Gasteiger partial charge in [-0.05, 0) is 37.8 Å². The standard InChI is InChI=1S/C15H20N2O2/c1-18-12-5-7-13-14(10-12)17-15(16-13)8-6-11-4-2-3-9-19-11/h5,7,10-11H,2-4,6,8-9H2,1H3,(H,16,17). The number of nitrogens with one attached hydrogen (secondary N) is 1. The number of H-pyrrole nitrogens is 1. The second kappa shape index (κ2) is 5.61. The zero-order valence-corrected chi connectivity index (χ0v) is 11.3. The van der Waals surface area contributed by atoms with Crippen molar-refractivity contribution in [3.8, 4) is 5.75 Å². The third-order valence-corrected chi connectivity index (χ3v) is 3.72. The first-order valence-electron chi connectivity index (χ1n) is 6.99. The van der Waals surface area contributed by atoms with Crippen LogP contribution in [0.2, 0.25) is 0 Å². The lowest BCUT2D eigenvalue weighted by molar-refractivity contribution is 0.0112. The van der Waals surface area contributed by atoms with Gasteiger partial charge >= 0.3 is 0 Å². The zero-order valence-electron chi connectivity index (χ0n) is 11.3. The number of aromatic amines is 1. The van der Waals surface area contributed by atoms with Crippen molar-refractivity contribution < 1.29 is 9.47 Å². The van der Waals surface area contributed by atoms with Gasteiger partial charge in [0.25, 0.3) is 0 Å². The number of ether oxygens (including phenoxy) is 2. The average Bonchev–Trinajstić information content (AvgIpc) is 2.88. The van der Waals surface area contributed by atoms with Gasteiger partial charge in [-0.15, -0.1) is 0 Å². The summed E-state index contributed by atoms with van der Waals surface area (Å²) in [6.45, 7) is 0.919. The molecule has 0 aliphatic carbocycles. The van der Waals surface area contributed by atoms with E-state index in [0.717, 1.165) is 42.1 Å². The molecule has 4 heteroatoms. The second-order valence-corrected chi connectivity index (χ2v) is 5.09. The molecular weight excluding hydrogens is 240 g/mol. The van der Waals surface area contributed by atoms with E-state index in [4.69, 9.17) is 9.47 Å². The molecule has 3 rings (SSSR count). The van der Waals surface area contributed by atoms with E-state index < -0.39 is 0 Å². The lowest BCUT2D eigenvalue weighted by Gasteiger charge is -2.21. The molecule has 1 aromatic carbocycles. The van der Waals surface area contributed by atoms with E-state index in [1.807, 2.05) is 18.2 Å². The van der Waals surface area contributed by atoms with Crippen LogP contribution in [0.5, 0.6) is 5.75 Å². The summed E-state index contributed by atoms with van der Waals surface area (Å²) in [4.78, 5) is 7.97. The number of aryl methyl sites for hydroxylation is 1. The molecule has 0 bridgehead atoms. The van der Waals surface area contributed by atoms with Gasteiger partial charge in [-0.2, -0.15) is 0 Å². The summed E-state index contributed by atoms with van der Waals surface area (Å²) >= 11 is 0. The van der Waals surface area contributed by atoms with E-state index in [9.17, 15) is 0 Å². The highest BCUT2D eigenvalue weighted by Gasteiger charge is 2.14. The molecule has 1 unspecified atom stereocenters. The molecule has 2 aromatic rings. The molecule has 1 aromatic heterocycles. The molecule has 19 heavy (non-hydrogen) atoms. The van der Waals surface area contributed by atoms with Crippen molar-refractivity contribution in [2.75, 3.05) is 13.7 Å². The maximum Gasteiger partial charge on any atom is 0.121 e. The maximum absolute atomic E-state index is 5.75. The third kappa shape index (κ3) is 2.89. The van der Waals surface area contributed by atoms with Gasteiger partial charge in [-0.3, -0.25) is 0 Å². The first-order valence-corrected chi connectivity index (χ1v) is 6.99. The van der Waals surface area contributed by atoms with Crippen molar-refractivity contribution >= 4 is 11.0 Å². The van der Waals surface area contributed by atoms with Crippen LogP contribution >= 0.6 is 0 Å². The van der Waals surface area contributed by atoms with Crippen LogP contribution in [0.3, 0.4) is 0 Å². The lowest BCUT2D eigenvalue weighted by Crippen LogP contribution is -2.19. The molecule has 0 radical (unpaired) electrons. The molecule has 0 saturated carbocycles. The Bertz CT molecular complexity index is 544. The van der Waals surface area contributed by atoms with Crippen molar-refractivity contribution in [1.82, 2.24) is 9.97 Å². The fraction of sp³-hybridized carbons (Fsp3) is 0.533. The number of hydrogen-bond acceptors (Lipinski definition) is 3. The topological polar surface area (TPSA) is 47.1 Å². The van der Waals surface area contributed by atoms with Gasteiger partial charge in [-0.1, -0.05) is 0 Å². The highest BCUT2D eigenvalue weighted by molar-refractivity contribution is 5.76. The van der Waals surface area contributed by atoms with Crippen LogP contribution in [-0.2, 0) is 11.2 Å². The minimum Gasteiger partial charge on any atom is -0.497 e. The van der Waals surface area contributed by atoms with Gasteiger partial charge in [0.15, 0.2) is 0 Å². The molecule has 0 spiro atoms. The summed E-state index contributed by atoms with van der Waals surface area (Å²) in [7, 11) is 1.68. The van der Waals surface area contributed by atoms with Crippen LogP contribution in [0.25, 0.3) is 11.0 Å². The van der Waals surface area contributed by atoms with Crippen LogP contribution in [0, 0.1) is 0 Å². The van der Waals surface area contributed by atoms with Crippen LogP contribution < -0.4 is 4.74 Å². The number of hydrogen-bond donors (Lipinski definition) is 1. The van der Waals surface area contributed by atoms with Crippen LogP contribution in [-0.4, -0.2) is 29.8 Å². The van der Waals surface area contributed by atoms with Crippen LogP contribution in [0.15, 0.2) is 18.2 Å². The van der Waals surface area contributed by atoms with E-state index >= 15 is 0 Å². The summed E-state index contributed by atoms with van der Waals surface area (Å²) < 4.78 is 11.0. The molecule has 4 nitrogen and oxygen atoms in total. The Balaban J connectivity index is 1.67. The summed E-state index contributed by atoms with van der Waals surface area (Å²) in [6, 6.07) is 5.92. The van der Waals surface area contributed by atoms with E-state index in [0.29, 0.717) is 6.10 Å². The SMILES string of the molecule is COc1ccc2nc(CCC3CCCCO3)[nH]c2c1. The molecule has 1 N–H and O–H groups in total. The fourth-order valence-electron chi connectivity index (χ4n) is 2.62. The van der Waals surface area contributed by atoms with E-state index in [1.54, 1.807) is 7.11 Å². The molecule has 102 valence electrons. The molecular formula is C15H20N2O2. The smallest absolute Gasteiger partial charge is 0.121 e. The maximum atomic E-state index is 5.75. The monoisotopic (exact) mass is 260 g/mol. The quantitative estimate of drug-likeness (QED) is 0.919. The Kier molecular flexibility index (Phi) is 3.69. The Morgan fingerprint density at radius 2 is 2.37 bits per heavy atom. The number of fused-ring (bicyclic) bond motifs is 1. The predicted octanol–water partition coefficient (Wildman–Crippen LogP) is 3.07. The van der Waals surface area contributed by atoms with Gasteiger partial charge in [-0.25, -0.2) is 4.98 Å². The molecule has 2 heterocycles. The van der Waals surface area contributed by atoms with Gasteiger partial charge in [0.1, 0.15) is 11.6 Å². The Labute approximate surface area is 113 Å². The predicted molar refractivity (Wildman–Crippen MR) is 74.6 cm³/mol. The van der Waals surface area contributed by atoms with Crippen molar-refractivity contribution in [2.45, 2.75) is 38.2 Å². The largest absolute Gasteiger partial charge is 0.497 e. The highest BCUT2D eigenvalue weighted by atomic mass is 16.5. The van der Waals surface area contributed by atoms with Crippen LogP contribution in [0.4, 0.5) is 0 Å². The minimum absolute atomic E-state index is 0.413. The minimum atomic E-state index is 0.413. The highest BCUT2D eigenvalue weighted by Crippen LogP contribution is 2.21. The van der Waals surface area contributed by atoms with Crippen molar-refractivity contribution in [2.24, 2.45) is 0 Å². The Morgan fingerprint density at radius 3 is 3.16 bits per heavy atom. The van der Waals surface area contributed by atoms with Crippen molar-refractivity contribution in [3.05, 3.63) is 24.0 Å². The number of rotatable bonds is 4. The summed E-state index contributed by atoms with van der Waals surface area (Å²) in [6.07, 6.45) is 6.10. The third-order valence-electron chi connectivity index (χ3n) is 3.72.